The number of aromatic nitrogens is 4. The molecule has 0 saturated carbocycles. The maximum absolute atomic E-state index is 12.2. The first kappa shape index (κ1) is 18.5. The predicted molar refractivity (Wildman–Crippen MR) is 107 cm³/mol. The molecule has 2 aromatic heterocycles. The zero-order valence-electron chi connectivity index (χ0n) is 15.7. The van der Waals surface area contributed by atoms with Crippen molar-refractivity contribution in [3.8, 4) is 22.8 Å². The van der Waals surface area contributed by atoms with Crippen LogP contribution in [0.4, 0.5) is 0 Å². The van der Waals surface area contributed by atoms with Gasteiger partial charge in [0.15, 0.2) is 16.3 Å². The number of hydrogen-bond donors (Lipinski definition) is 3. The molecule has 4 rings (SSSR count). The summed E-state index contributed by atoms with van der Waals surface area (Å²) in [6, 6.07) is 5.76. The Morgan fingerprint density at radius 3 is 2.82 bits per heavy atom. The number of rotatable bonds is 5. The van der Waals surface area contributed by atoms with Crippen molar-refractivity contribution >= 4 is 12.2 Å². The van der Waals surface area contributed by atoms with E-state index in [1.54, 1.807) is 14.2 Å². The number of aromatic amines is 3. The summed E-state index contributed by atoms with van der Waals surface area (Å²) in [6.45, 7) is 2.07. The molecule has 0 aliphatic carbocycles. The van der Waals surface area contributed by atoms with Crippen LogP contribution in [-0.2, 0) is 19.5 Å². The summed E-state index contributed by atoms with van der Waals surface area (Å²) in [5.41, 5.74) is 4.50. The molecule has 0 saturated heterocycles. The lowest BCUT2D eigenvalue weighted by Gasteiger charge is -2.27. The van der Waals surface area contributed by atoms with Gasteiger partial charge < -0.3 is 14.5 Å². The molecule has 3 aromatic rings. The molecule has 0 fully saturated rings. The average molecular weight is 399 g/mol. The van der Waals surface area contributed by atoms with Crippen LogP contribution in [0.1, 0.15) is 16.8 Å². The molecule has 0 atom stereocenters. The first-order valence-electron chi connectivity index (χ1n) is 8.90. The summed E-state index contributed by atoms with van der Waals surface area (Å²) in [4.78, 5) is 20.2. The van der Waals surface area contributed by atoms with Crippen LogP contribution in [0.5, 0.6) is 11.5 Å². The predicted octanol–water partition coefficient (Wildman–Crippen LogP) is 2.40. The Balaban J connectivity index is 1.59. The lowest BCUT2D eigenvalue weighted by atomic mass is 10.0. The van der Waals surface area contributed by atoms with Gasteiger partial charge in [0.2, 0.25) is 0 Å². The van der Waals surface area contributed by atoms with E-state index in [4.69, 9.17) is 21.7 Å². The first-order chi connectivity index (χ1) is 13.6. The fraction of sp³-hybridized carbons (Fsp3) is 0.316. The molecule has 0 radical (unpaired) electrons. The van der Waals surface area contributed by atoms with E-state index in [0.29, 0.717) is 29.4 Å². The van der Waals surface area contributed by atoms with Crippen molar-refractivity contribution in [1.29, 1.82) is 0 Å². The van der Waals surface area contributed by atoms with E-state index in [1.807, 2.05) is 24.4 Å². The zero-order valence-corrected chi connectivity index (χ0v) is 16.5. The smallest absolute Gasteiger partial charge is 0.256 e. The van der Waals surface area contributed by atoms with Gasteiger partial charge in [-0.25, -0.2) is 0 Å². The van der Waals surface area contributed by atoms with Crippen LogP contribution in [0.15, 0.2) is 29.2 Å². The summed E-state index contributed by atoms with van der Waals surface area (Å²) in [5.74, 6) is 1.34. The number of ether oxygens (including phenoxy) is 2. The fourth-order valence-corrected chi connectivity index (χ4v) is 3.78. The number of benzene rings is 1. The van der Waals surface area contributed by atoms with Crippen LogP contribution in [0.25, 0.3) is 11.3 Å². The van der Waals surface area contributed by atoms with Crippen molar-refractivity contribution in [2.75, 3.05) is 20.8 Å². The Kier molecular flexibility index (Phi) is 5.01. The second-order valence-corrected chi connectivity index (χ2v) is 7.07. The topological polar surface area (TPSA) is 99.0 Å². The molecule has 8 nitrogen and oxygen atoms in total. The van der Waals surface area contributed by atoms with E-state index < -0.39 is 0 Å². The van der Waals surface area contributed by atoms with Gasteiger partial charge in [-0.3, -0.25) is 19.8 Å². The zero-order chi connectivity index (χ0) is 19.7. The summed E-state index contributed by atoms with van der Waals surface area (Å²) < 4.78 is 11.1. The Hall–Kier alpha value is -2.91. The second kappa shape index (κ2) is 7.61. The van der Waals surface area contributed by atoms with Gasteiger partial charge in [0.05, 0.1) is 31.7 Å². The summed E-state index contributed by atoms with van der Waals surface area (Å²) in [5, 5.41) is 7.30. The Morgan fingerprint density at radius 1 is 1.21 bits per heavy atom. The van der Waals surface area contributed by atoms with Crippen molar-refractivity contribution < 1.29 is 9.47 Å². The first-order valence-corrected chi connectivity index (χ1v) is 9.31. The van der Waals surface area contributed by atoms with Gasteiger partial charge in [-0.15, -0.1) is 0 Å². The van der Waals surface area contributed by atoms with Gasteiger partial charge in [-0.1, -0.05) is 0 Å². The lowest BCUT2D eigenvalue weighted by Crippen LogP contribution is -2.35. The molecule has 3 heterocycles. The van der Waals surface area contributed by atoms with E-state index in [2.05, 4.69) is 25.1 Å². The Bertz CT molecular complexity index is 1120. The molecular weight excluding hydrogens is 378 g/mol. The van der Waals surface area contributed by atoms with Crippen molar-refractivity contribution in [1.82, 2.24) is 25.1 Å². The quantitative estimate of drug-likeness (QED) is 0.570. The van der Waals surface area contributed by atoms with Crippen LogP contribution in [0.3, 0.4) is 0 Å². The number of nitrogens with zero attached hydrogens (tertiary/aromatic N) is 2. The molecule has 0 amide bonds. The van der Waals surface area contributed by atoms with E-state index in [-0.39, 0.29) is 5.56 Å². The van der Waals surface area contributed by atoms with Gasteiger partial charge in [-0.05, 0) is 30.4 Å². The van der Waals surface area contributed by atoms with Gasteiger partial charge in [-0.2, -0.15) is 5.10 Å². The number of H-pyrrole nitrogens is 3. The lowest BCUT2D eigenvalue weighted by molar-refractivity contribution is 0.242. The van der Waals surface area contributed by atoms with E-state index in [1.165, 1.54) is 0 Å². The van der Waals surface area contributed by atoms with Crippen LogP contribution in [0, 0.1) is 4.77 Å². The normalized spacial score (nSPS) is 13.9. The monoisotopic (exact) mass is 399 g/mol. The average Bonchev–Trinajstić information content (AvgIpc) is 3.16. The van der Waals surface area contributed by atoms with Crippen LogP contribution in [-0.4, -0.2) is 45.8 Å². The molecule has 1 aliphatic heterocycles. The molecule has 146 valence electrons. The van der Waals surface area contributed by atoms with E-state index >= 15 is 0 Å². The Morgan fingerprint density at radius 2 is 2.04 bits per heavy atom. The van der Waals surface area contributed by atoms with Crippen molar-refractivity contribution in [3.05, 3.63) is 56.3 Å². The number of hydrogen-bond acceptors (Lipinski definition) is 6. The minimum atomic E-state index is -0.115. The molecule has 0 spiro atoms. The van der Waals surface area contributed by atoms with Crippen molar-refractivity contribution in [3.63, 3.8) is 0 Å². The molecule has 3 N–H and O–H groups in total. The number of methoxy groups -OCH3 is 2. The highest BCUT2D eigenvalue weighted by atomic mass is 32.1. The van der Waals surface area contributed by atoms with Gasteiger partial charge in [0.25, 0.3) is 5.56 Å². The molecule has 28 heavy (non-hydrogen) atoms. The minimum Gasteiger partial charge on any atom is -0.493 e. The molecule has 0 bridgehead atoms. The van der Waals surface area contributed by atoms with E-state index in [9.17, 15) is 4.79 Å². The minimum absolute atomic E-state index is 0.115. The highest BCUT2D eigenvalue weighted by Gasteiger charge is 2.21. The summed E-state index contributed by atoms with van der Waals surface area (Å²) in [6.07, 6.45) is 2.58. The van der Waals surface area contributed by atoms with Crippen molar-refractivity contribution in [2.24, 2.45) is 0 Å². The highest BCUT2D eigenvalue weighted by Crippen LogP contribution is 2.33. The van der Waals surface area contributed by atoms with Crippen molar-refractivity contribution in [2.45, 2.75) is 19.5 Å². The van der Waals surface area contributed by atoms with Crippen LogP contribution >= 0.6 is 12.2 Å². The SMILES string of the molecule is COc1ccc(-c2[nH]ncc2CN2CCc3[nH]c(=S)[nH]c(=O)c3C2)cc1OC. The maximum atomic E-state index is 12.2. The largest absolute Gasteiger partial charge is 0.493 e. The third-order valence-corrected chi connectivity index (χ3v) is 5.18. The van der Waals surface area contributed by atoms with Gasteiger partial charge in [0, 0.05) is 42.9 Å². The third kappa shape index (κ3) is 3.46. The van der Waals surface area contributed by atoms with Crippen LogP contribution < -0.4 is 15.0 Å². The maximum Gasteiger partial charge on any atom is 0.256 e. The molecule has 1 aromatic carbocycles. The van der Waals surface area contributed by atoms with Gasteiger partial charge in [0.1, 0.15) is 0 Å². The Labute approximate surface area is 166 Å². The summed E-state index contributed by atoms with van der Waals surface area (Å²) >= 11 is 5.06. The van der Waals surface area contributed by atoms with Gasteiger partial charge >= 0.3 is 0 Å². The molecule has 1 aliphatic rings. The summed E-state index contributed by atoms with van der Waals surface area (Å²) in [7, 11) is 3.23. The second-order valence-electron chi connectivity index (χ2n) is 6.67. The van der Waals surface area contributed by atoms with E-state index in [0.717, 1.165) is 41.0 Å². The molecular formula is C19H21N5O3S. The highest BCUT2D eigenvalue weighted by molar-refractivity contribution is 7.71. The fourth-order valence-electron chi connectivity index (χ4n) is 3.56. The number of nitrogens with one attached hydrogen (secondary N) is 3. The standard InChI is InChI=1S/C19H21N5O3S/c1-26-15-4-3-11(7-16(15)27-2)17-12(8-20-23-17)9-24-6-5-14-13(10-24)18(25)22-19(28)21-14/h3-4,7-8H,5-6,9-10H2,1-2H3,(H,20,23)(H2,21,22,25,28). The molecule has 0 unspecified atom stereocenters. The molecule has 9 heteroatoms. The third-order valence-electron chi connectivity index (χ3n) is 4.97. The number of fused-ring (bicyclic) bond motifs is 1. The van der Waals surface area contributed by atoms with Crippen LogP contribution in [0.2, 0.25) is 0 Å².